The summed E-state index contributed by atoms with van der Waals surface area (Å²) in [6, 6.07) is 97.3. The first kappa shape index (κ1) is 52.3. The lowest BCUT2D eigenvalue weighted by atomic mass is 9.65. The van der Waals surface area contributed by atoms with Crippen LogP contribution >= 0.6 is 0 Å². The van der Waals surface area contributed by atoms with Crippen LogP contribution in [0.2, 0.25) is 0 Å². The van der Waals surface area contributed by atoms with Crippen molar-refractivity contribution in [3.63, 3.8) is 0 Å². The molecule has 426 valence electrons. The molecular weight excluding hydrogens is 1090 g/mol. The molecule has 0 N–H and O–H groups in total. The van der Waals surface area contributed by atoms with Gasteiger partial charge in [-0.25, -0.2) is 19.9 Å². The highest BCUT2D eigenvalue weighted by Crippen LogP contribution is 2.63. The third kappa shape index (κ3) is 8.37. The van der Waals surface area contributed by atoms with Gasteiger partial charge in [0, 0.05) is 33.4 Å². The molecule has 1 fully saturated rings. The first-order chi connectivity index (χ1) is 44.4. The van der Waals surface area contributed by atoms with Gasteiger partial charge in [-0.1, -0.05) is 239 Å². The Morgan fingerprint density at radius 3 is 1.60 bits per heavy atom. The number of hydrogen-bond acceptors (Lipinski definition) is 4. The number of benzene rings is 12. The van der Waals surface area contributed by atoms with E-state index in [2.05, 4.69) is 291 Å². The predicted octanol–water partition coefficient (Wildman–Crippen LogP) is 21.5. The zero-order valence-electron chi connectivity index (χ0n) is 50.1. The molecule has 4 aliphatic carbocycles. The van der Waals surface area contributed by atoms with Gasteiger partial charge in [-0.05, 0) is 196 Å². The number of imidazole rings is 1. The lowest BCUT2D eigenvalue weighted by Crippen LogP contribution is -2.26. The van der Waals surface area contributed by atoms with Crippen molar-refractivity contribution in [1.29, 1.82) is 0 Å². The van der Waals surface area contributed by atoms with Gasteiger partial charge in [-0.2, -0.15) is 0 Å². The molecule has 5 nitrogen and oxygen atoms in total. The summed E-state index contributed by atoms with van der Waals surface area (Å²) in [5.74, 6) is 4.08. The van der Waals surface area contributed by atoms with E-state index in [1.807, 2.05) is 6.07 Å². The van der Waals surface area contributed by atoms with E-state index in [0.717, 1.165) is 62.3 Å². The molecule has 90 heavy (non-hydrogen) atoms. The molecule has 4 aliphatic rings. The molecule has 0 spiro atoms. The van der Waals surface area contributed by atoms with Crippen LogP contribution in [0.1, 0.15) is 66.8 Å². The van der Waals surface area contributed by atoms with Gasteiger partial charge in [-0.3, -0.25) is 4.57 Å². The number of hydrogen-bond donors (Lipinski definition) is 0. The summed E-state index contributed by atoms with van der Waals surface area (Å²) in [6.45, 7) is 4.73. The minimum atomic E-state index is -0.248. The third-order valence-corrected chi connectivity index (χ3v) is 20.2. The fourth-order valence-corrected chi connectivity index (χ4v) is 16.0. The zero-order chi connectivity index (χ0) is 59.6. The van der Waals surface area contributed by atoms with E-state index < -0.39 is 0 Å². The van der Waals surface area contributed by atoms with E-state index in [4.69, 9.17) is 19.9 Å². The van der Waals surface area contributed by atoms with Gasteiger partial charge in [0.15, 0.2) is 17.5 Å². The number of aromatic nitrogens is 5. The molecule has 3 atom stereocenters. The SMILES string of the molecule is CC1(C)c2cc(-c3ccccc3)cc3ccc4cc(-c5nc(-c6ccccc6)nc(-c6cccc(-c7cccc(-c8ccc(-c9ccccc9)c9c8C8=CC=C(c%10ccc(-c%11nc%12ccccc%12n%11-c%11ccccc%11)cc%10)C%10CCCC9C8%10)c7)c6)n5)cc1c4c23. The van der Waals surface area contributed by atoms with Gasteiger partial charge < -0.3 is 0 Å². The molecule has 5 heteroatoms. The normalized spacial score (nSPS) is 16.8. The molecule has 1 saturated carbocycles. The van der Waals surface area contributed by atoms with Crippen LogP contribution in [0.3, 0.4) is 0 Å². The molecule has 0 amide bonds. The maximum absolute atomic E-state index is 5.40. The van der Waals surface area contributed by atoms with Crippen molar-refractivity contribution >= 4 is 43.7 Å². The summed E-state index contributed by atoms with van der Waals surface area (Å²) < 4.78 is 2.29. The van der Waals surface area contributed by atoms with Crippen molar-refractivity contribution < 1.29 is 0 Å². The predicted molar refractivity (Wildman–Crippen MR) is 371 cm³/mol. The number of rotatable bonds is 10. The van der Waals surface area contributed by atoms with Crippen molar-refractivity contribution in [2.24, 2.45) is 11.8 Å². The van der Waals surface area contributed by atoms with Gasteiger partial charge in [0.25, 0.3) is 0 Å². The average Bonchev–Trinajstić information content (AvgIpc) is 1.58. The summed E-state index contributed by atoms with van der Waals surface area (Å²) in [5.41, 5.74) is 26.6. The van der Waals surface area contributed by atoms with Crippen LogP contribution in [0.15, 0.2) is 279 Å². The number of para-hydroxylation sites is 3. The summed E-state index contributed by atoms with van der Waals surface area (Å²) in [7, 11) is 0. The third-order valence-electron chi connectivity index (χ3n) is 20.2. The molecule has 14 aromatic rings. The standard InChI is InChI=1S/C85H61N5/c1-85(2)72-50-63(52-20-7-3-8-21-52)48-60-40-41-61-49-64(51-73(85)77(61)76(60)72)83-88-81(55-24-11-5-12-25-55)87-82(89-83)62-29-18-27-58(47-62)57-26-17-28-59(46-57)68-44-43-67(53-22-9-4-10-23-53)79-70-33-19-32-69-66(42-45-71(78(69)70)80(68)79)54-36-38-56(39-37-54)84-86-74-34-15-16-35-75(74)90(84)65-30-13-6-14-31-65/h3-18,20-31,34-51,69-70,78H,19,32-33H2,1-2H3. The van der Waals surface area contributed by atoms with Crippen molar-refractivity contribution in [2.75, 3.05) is 0 Å². The summed E-state index contributed by atoms with van der Waals surface area (Å²) in [6.07, 6.45) is 8.48. The fourth-order valence-electron chi connectivity index (χ4n) is 16.0. The summed E-state index contributed by atoms with van der Waals surface area (Å²) >= 11 is 0. The second-order valence-corrected chi connectivity index (χ2v) is 25.5. The quantitative estimate of drug-likeness (QED) is 0.128. The van der Waals surface area contributed by atoms with Crippen molar-refractivity contribution in [3.05, 3.63) is 307 Å². The Hall–Kier alpha value is -10.9. The molecule has 0 aliphatic heterocycles. The van der Waals surface area contributed by atoms with Crippen LogP contribution < -0.4 is 0 Å². The van der Waals surface area contributed by atoms with E-state index >= 15 is 0 Å². The van der Waals surface area contributed by atoms with Gasteiger partial charge >= 0.3 is 0 Å². The van der Waals surface area contributed by atoms with Crippen LogP contribution in [0, 0.1) is 11.8 Å². The Balaban J connectivity index is 0.715. The Morgan fingerprint density at radius 1 is 0.367 bits per heavy atom. The van der Waals surface area contributed by atoms with Crippen molar-refractivity contribution in [1.82, 2.24) is 24.5 Å². The number of nitrogens with zero attached hydrogens (tertiary/aromatic N) is 5. The first-order valence-electron chi connectivity index (χ1n) is 31.8. The Morgan fingerprint density at radius 2 is 0.889 bits per heavy atom. The van der Waals surface area contributed by atoms with E-state index in [9.17, 15) is 0 Å². The largest absolute Gasteiger partial charge is 0.292 e. The second-order valence-electron chi connectivity index (χ2n) is 25.5. The summed E-state index contributed by atoms with van der Waals surface area (Å²) in [4.78, 5) is 21.2. The highest BCUT2D eigenvalue weighted by molar-refractivity contribution is 6.16. The lowest BCUT2D eigenvalue weighted by molar-refractivity contribution is 0.320. The Labute approximate surface area is 524 Å². The molecule has 12 aromatic carbocycles. The summed E-state index contributed by atoms with van der Waals surface area (Å²) in [5, 5.41) is 5.13. The highest BCUT2D eigenvalue weighted by atomic mass is 15.1. The first-order valence-corrected chi connectivity index (χ1v) is 31.8. The second kappa shape index (κ2) is 20.6. The maximum atomic E-state index is 5.40. The van der Waals surface area contributed by atoms with E-state index in [1.165, 1.54) is 107 Å². The molecule has 0 saturated heterocycles. The molecule has 3 unspecified atom stereocenters. The molecule has 2 aromatic heterocycles. The van der Waals surface area contributed by atoms with Crippen LogP contribution in [0.4, 0.5) is 0 Å². The lowest BCUT2D eigenvalue weighted by Gasteiger charge is -2.39. The highest BCUT2D eigenvalue weighted by Gasteiger charge is 2.48. The van der Waals surface area contributed by atoms with Crippen molar-refractivity contribution in [2.45, 2.75) is 44.4 Å². The number of allylic oxidation sites excluding steroid dienone is 4. The Bertz CT molecular complexity index is 5290. The van der Waals surface area contributed by atoms with Gasteiger partial charge in [0.05, 0.1) is 11.0 Å². The van der Waals surface area contributed by atoms with Gasteiger partial charge in [0.2, 0.25) is 0 Å². The van der Waals surface area contributed by atoms with E-state index in [1.54, 1.807) is 0 Å². The van der Waals surface area contributed by atoms with Gasteiger partial charge in [-0.15, -0.1) is 0 Å². The molecule has 0 bridgehead atoms. The minimum Gasteiger partial charge on any atom is -0.292 e. The van der Waals surface area contributed by atoms with Crippen LogP contribution in [-0.2, 0) is 5.41 Å². The average molecular weight is 1150 g/mol. The van der Waals surface area contributed by atoms with Crippen LogP contribution in [0.5, 0.6) is 0 Å². The molecular formula is C85H61N5. The van der Waals surface area contributed by atoms with Crippen LogP contribution in [0.25, 0.3) is 139 Å². The zero-order valence-corrected chi connectivity index (χ0v) is 50.1. The van der Waals surface area contributed by atoms with E-state index in [-0.39, 0.29) is 5.41 Å². The Kier molecular flexibility index (Phi) is 12.0. The van der Waals surface area contributed by atoms with E-state index in [0.29, 0.717) is 35.2 Å². The van der Waals surface area contributed by atoms with Gasteiger partial charge in [0.1, 0.15) is 5.82 Å². The minimum absolute atomic E-state index is 0.248. The monoisotopic (exact) mass is 1150 g/mol. The molecule has 2 heterocycles. The van der Waals surface area contributed by atoms with Crippen LogP contribution in [-0.4, -0.2) is 24.5 Å². The fraction of sp³-hybridized carbons (Fsp3) is 0.106. The number of fused-ring (bicyclic) bond motifs is 4. The maximum Gasteiger partial charge on any atom is 0.164 e. The van der Waals surface area contributed by atoms with Crippen molar-refractivity contribution in [3.8, 4) is 95.7 Å². The molecule has 18 rings (SSSR count). The smallest absolute Gasteiger partial charge is 0.164 e. The topological polar surface area (TPSA) is 56.5 Å². The molecule has 0 radical (unpaired) electrons.